The van der Waals surface area contributed by atoms with Gasteiger partial charge in [-0.1, -0.05) is 72.3 Å². The standard InChI is InChI=1S/C27H21ClN4O2/c1-34-25-15-13-21(17-22(25)28)32-30-23-14-12-20(16-24(23)31-32)29-27(33)26(18-8-4-2-5-9-18)19-10-6-3-7-11-19/h2-17,26H,1H3,(H,29,33). The summed E-state index contributed by atoms with van der Waals surface area (Å²) in [6.45, 7) is 0. The zero-order valence-corrected chi connectivity index (χ0v) is 19.1. The molecule has 0 saturated heterocycles. The summed E-state index contributed by atoms with van der Waals surface area (Å²) in [4.78, 5) is 14.9. The van der Waals surface area contributed by atoms with Crippen molar-refractivity contribution in [2.24, 2.45) is 0 Å². The van der Waals surface area contributed by atoms with Gasteiger partial charge in [0.15, 0.2) is 0 Å². The normalized spacial score (nSPS) is 11.0. The Bertz CT molecular complexity index is 1410. The molecule has 5 aromatic rings. The maximum atomic E-state index is 13.4. The summed E-state index contributed by atoms with van der Waals surface area (Å²) in [5, 5.41) is 12.6. The molecule has 0 saturated carbocycles. The molecule has 0 radical (unpaired) electrons. The number of aromatic nitrogens is 3. The Labute approximate surface area is 201 Å². The van der Waals surface area contributed by atoms with Crippen molar-refractivity contribution < 1.29 is 9.53 Å². The highest BCUT2D eigenvalue weighted by Crippen LogP contribution is 2.28. The Morgan fingerprint density at radius 1 is 0.853 bits per heavy atom. The number of rotatable bonds is 6. The quantitative estimate of drug-likeness (QED) is 0.339. The van der Waals surface area contributed by atoms with E-state index in [1.54, 1.807) is 19.2 Å². The van der Waals surface area contributed by atoms with Crippen LogP contribution in [0.4, 0.5) is 5.69 Å². The van der Waals surface area contributed by atoms with Gasteiger partial charge in [-0.3, -0.25) is 4.79 Å². The molecule has 0 aliphatic rings. The number of amides is 1. The fourth-order valence-electron chi connectivity index (χ4n) is 3.89. The van der Waals surface area contributed by atoms with Gasteiger partial charge in [0.25, 0.3) is 0 Å². The molecule has 6 nitrogen and oxygen atoms in total. The number of carbonyl (C=O) groups excluding carboxylic acids is 1. The first-order valence-electron chi connectivity index (χ1n) is 10.7. The van der Waals surface area contributed by atoms with Crippen LogP contribution in [0, 0.1) is 0 Å². The topological polar surface area (TPSA) is 69.0 Å². The molecular formula is C27H21ClN4O2. The molecule has 1 N–H and O–H groups in total. The monoisotopic (exact) mass is 468 g/mol. The molecule has 0 aliphatic carbocycles. The van der Waals surface area contributed by atoms with Gasteiger partial charge in [0, 0.05) is 5.69 Å². The minimum atomic E-state index is -0.435. The molecule has 0 atom stereocenters. The molecule has 0 bridgehead atoms. The van der Waals surface area contributed by atoms with Crippen LogP contribution in [0.25, 0.3) is 16.7 Å². The van der Waals surface area contributed by atoms with Crippen LogP contribution in [0.5, 0.6) is 5.75 Å². The van der Waals surface area contributed by atoms with Crippen molar-refractivity contribution in [1.82, 2.24) is 15.0 Å². The van der Waals surface area contributed by atoms with E-state index in [2.05, 4.69) is 15.5 Å². The predicted octanol–water partition coefficient (Wildman–Crippen LogP) is 5.85. The summed E-state index contributed by atoms with van der Waals surface area (Å²) in [5.74, 6) is 0.0276. The van der Waals surface area contributed by atoms with Gasteiger partial charge >= 0.3 is 0 Å². The third-order valence-corrected chi connectivity index (χ3v) is 5.84. The number of carbonyl (C=O) groups is 1. The average Bonchev–Trinajstić information content (AvgIpc) is 3.29. The number of ether oxygens (including phenoxy) is 1. The van der Waals surface area contributed by atoms with Crippen LogP contribution >= 0.6 is 11.6 Å². The van der Waals surface area contributed by atoms with E-state index in [0.29, 0.717) is 33.2 Å². The molecular weight excluding hydrogens is 448 g/mol. The summed E-state index contributed by atoms with van der Waals surface area (Å²) in [7, 11) is 1.57. The number of fused-ring (bicyclic) bond motifs is 1. The molecule has 168 valence electrons. The maximum Gasteiger partial charge on any atom is 0.236 e. The van der Waals surface area contributed by atoms with Crippen LogP contribution < -0.4 is 10.1 Å². The molecule has 7 heteroatoms. The third-order valence-electron chi connectivity index (χ3n) is 5.54. The first-order chi connectivity index (χ1) is 16.6. The Balaban J connectivity index is 1.44. The second-order valence-corrected chi connectivity index (χ2v) is 8.16. The molecule has 0 spiro atoms. The number of halogens is 1. The molecule has 4 aromatic carbocycles. The number of methoxy groups -OCH3 is 1. The molecule has 34 heavy (non-hydrogen) atoms. The molecule has 0 fully saturated rings. The zero-order valence-electron chi connectivity index (χ0n) is 18.4. The number of nitrogens with zero attached hydrogens (tertiary/aromatic N) is 3. The maximum absolute atomic E-state index is 13.4. The first kappa shape index (κ1) is 21.7. The lowest BCUT2D eigenvalue weighted by atomic mass is 9.90. The van der Waals surface area contributed by atoms with E-state index >= 15 is 0 Å². The molecule has 1 heterocycles. The number of hydrogen-bond donors (Lipinski definition) is 1. The number of anilines is 1. The Kier molecular flexibility index (Phi) is 5.97. The lowest BCUT2D eigenvalue weighted by Gasteiger charge is -2.18. The van der Waals surface area contributed by atoms with Gasteiger partial charge in [-0.25, -0.2) is 0 Å². The molecule has 0 aliphatic heterocycles. The van der Waals surface area contributed by atoms with Crippen molar-refractivity contribution in [2.45, 2.75) is 5.92 Å². The predicted molar refractivity (Wildman–Crippen MR) is 134 cm³/mol. The summed E-state index contributed by atoms with van der Waals surface area (Å²) in [6.07, 6.45) is 0. The van der Waals surface area contributed by atoms with Crippen LogP contribution in [-0.2, 0) is 4.79 Å². The van der Waals surface area contributed by atoms with Gasteiger partial charge in [-0.05, 0) is 47.5 Å². The Hall–Kier alpha value is -4.16. The highest BCUT2D eigenvalue weighted by atomic mass is 35.5. The van der Waals surface area contributed by atoms with E-state index in [4.69, 9.17) is 16.3 Å². The van der Waals surface area contributed by atoms with E-state index in [1.165, 1.54) is 4.80 Å². The van der Waals surface area contributed by atoms with Crippen molar-refractivity contribution in [1.29, 1.82) is 0 Å². The lowest BCUT2D eigenvalue weighted by Crippen LogP contribution is -2.22. The number of nitrogens with one attached hydrogen (secondary N) is 1. The Morgan fingerprint density at radius 2 is 1.50 bits per heavy atom. The van der Waals surface area contributed by atoms with Gasteiger partial charge in [0.2, 0.25) is 5.91 Å². The Morgan fingerprint density at radius 3 is 2.12 bits per heavy atom. The second kappa shape index (κ2) is 9.37. The van der Waals surface area contributed by atoms with E-state index < -0.39 is 5.92 Å². The van der Waals surface area contributed by atoms with Gasteiger partial charge in [0.05, 0.1) is 23.7 Å². The summed E-state index contributed by atoms with van der Waals surface area (Å²) >= 11 is 6.25. The highest BCUT2D eigenvalue weighted by molar-refractivity contribution is 6.32. The minimum absolute atomic E-state index is 0.119. The van der Waals surface area contributed by atoms with Crippen LogP contribution in [0.1, 0.15) is 17.0 Å². The van der Waals surface area contributed by atoms with E-state index in [1.807, 2.05) is 84.9 Å². The van der Waals surface area contributed by atoms with Crippen molar-refractivity contribution in [2.75, 3.05) is 12.4 Å². The summed E-state index contributed by atoms with van der Waals surface area (Å²) in [6, 6.07) is 30.3. The second-order valence-electron chi connectivity index (χ2n) is 7.76. The number of hydrogen-bond acceptors (Lipinski definition) is 4. The van der Waals surface area contributed by atoms with Crippen LogP contribution in [0.15, 0.2) is 97.1 Å². The van der Waals surface area contributed by atoms with Crippen molar-refractivity contribution in [3.63, 3.8) is 0 Å². The van der Waals surface area contributed by atoms with E-state index in [0.717, 1.165) is 11.1 Å². The first-order valence-corrected chi connectivity index (χ1v) is 11.1. The SMILES string of the molecule is COc1ccc(-n2nc3ccc(NC(=O)C(c4ccccc4)c4ccccc4)cc3n2)cc1Cl. The fourth-order valence-corrected chi connectivity index (χ4v) is 4.14. The average molecular weight is 469 g/mol. The molecule has 0 unspecified atom stereocenters. The van der Waals surface area contributed by atoms with Gasteiger partial charge in [0.1, 0.15) is 16.8 Å². The molecule has 1 aromatic heterocycles. The van der Waals surface area contributed by atoms with Gasteiger partial charge in [-0.2, -0.15) is 4.80 Å². The summed E-state index contributed by atoms with van der Waals surface area (Å²) in [5.41, 5.74) is 4.56. The largest absolute Gasteiger partial charge is 0.495 e. The summed E-state index contributed by atoms with van der Waals surface area (Å²) < 4.78 is 5.21. The fraction of sp³-hybridized carbons (Fsp3) is 0.0741. The van der Waals surface area contributed by atoms with E-state index in [-0.39, 0.29) is 5.91 Å². The van der Waals surface area contributed by atoms with Gasteiger partial charge < -0.3 is 10.1 Å². The molecule has 5 rings (SSSR count). The minimum Gasteiger partial charge on any atom is -0.495 e. The molecule has 1 amide bonds. The van der Waals surface area contributed by atoms with E-state index in [9.17, 15) is 4.79 Å². The van der Waals surface area contributed by atoms with Crippen molar-refractivity contribution >= 4 is 34.2 Å². The zero-order chi connectivity index (χ0) is 23.5. The highest BCUT2D eigenvalue weighted by Gasteiger charge is 2.23. The smallest absolute Gasteiger partial charge is 0.236 e. The van der Waals surface area contributed by atoms with Crippen LogP contribution in [0.3, 0.4) is 0 Å². The van der Waals surface area contributed by atoms with Gasteiger partial charge in [-0.15, -0.1) is 10.2 Å². The third kappa shape index (κ3) is 4.36. The number of benzene rings is 4. The van der Waals surface area contributed by atoms with Crippen molar-refractivity contribution in [3.8, 4) is 11.4 Å². The van der Waals surface area contributed by atoms with Crippen LogP contribution in [0.2, 0.25) is 5.02 Å². The van der Waals surface area contributed by atoms with Crippen molar-refractivity contribution in [3.05, 3.63) is 113 Å². The lowest BCUT2D eigenvalue weighted by molar-refractivity contribution is -0.116. The van der Waals surface area contributed by atoms with Crippen LogP contribution in [-0.4, -0.2) is 28.0 Å².